The van der Waals surface area contributed by atoms with Crippen molar-refractivity contribution >= 4 is 5.91 Å². The smallest absolute Gasteiger partial charge is 0.220 e. The SMILES string of the molecule is CCCCC/C=C\C/C=C\CCCCCCCC(=O)NC(COC1OC(CO)C(O)C(O)C1O)C(O)/C=C/CC/C=C/CCCCCCC. The zero-order chi connectivity index (χ0) is 36.0. The number of aliphatic hydroxyl groups is 5. The van der Waals surface area contributed by atoms with Crippen LogP contribution in [0.1, 0.15) is 142 Å². The monoisotopic (exact) mass is 694 g/mol. The fourth-order valence-corrected chi connectivity index (χ4v) is 5.67. The molecule has 1 fully saturated rings. The van der Waals surface area contributed by atoms with Gasteiger partial charge in [-0.25, -0.2) is 0 Å². The normalized spacial score (nSPS) is 23.0. The highest BCUT2D eigenvalue weighted by Crippen LogP contribution is 2.22. The summed E-state index contributed by atoms with van der Waals surface area (Å²) < 4.78 is 11.1. The number of nitrogens with one attached hydrogen (secondary N) is 1. The molecule has 0 aliphatic carbocycles. The predicted octanol–water partition coefficient (Wildman–Crippen LogP) is 6.72. The molecule has 1 heterocycles. The van der Waals surface area contributed by atoms with Gasteiger partial charge in [-0.3, -0.25) is 4.79 Å². The van der Waals surface area contributed by atoms with Crippen LogP contribution in [0.2, 0.25) is 0 Å². The van der Waals surface area contributed by atoms with Gasteiger partial charge in [0.05, 0.1) is 25.4 Å². The van der Waals surface area contributed by atoms with Gasteiger partial charge >= 0.3 is 0 Å². The lowest BCUT2D eigenvalue weighted by Crippen LogP contribution is -2.60. The molecule has 0 spiro atoms. The Morgan fingerprint density at radius 3 is 1.88 bits per heavy atom. The third kappa shape index (κ3) is 22.6. The van der Waals surface area contributed by atoms with Crippen molar-refractivity contribution in [2.24, 2.45) is 0 Å². The molecule has 1 aliphatic heterocycles. The van der Waals surface area contributed by atoms with E-state index in [9.17, 15) is 30.3 Å². The van der Waals surface area contributed by atoms with Crippen molar-refractivity contribution in [3.8, 4) is 0 Å². The zero-order valence-corrected chi connectivity index (χ0v) is 30.7. The minimum Gasteiger partial charge on any atom is -0.394 e. The van der Waals surface area contributed by atoms with Crippen LogP contribution in [-0.4, -0.2) is 87.5 Å². The molecule has 7 unspecified atom stereocenters. The summed E-state index contributed by atoms with van der Waals surface area (Å²) in [4.78, 5) is 12.8. The largest absolute Gasteiger partial charge is 0.394 e. The van der Waals surface area contributed by atoms with Gasteiger partial charge in [0, 0.05) is 6.42 Å². The molecular weight excluding hydrogens is 622 g/mol. The molecule has 0 radical (unpaired) electrons. The summed E-state index contributed by atoms with van der Waals surface area (Å²) in [6.07, 6.45) is 30.1. The van der Waals surface area contributed by atoms with E-state index in [0.717, 1.165) is 64.2 Å². The van der Waals surface area contributed by atoms with E-state index < -0.39 is 49.5 Å². The third-order valence-electron chi connectivity index (χ3n) is 8.88. The minimum atomic E-state index is -1.57. The van der Waals surface area contributed by atoms with Gasteiger partial charge in [0.25, 0.3) is 0 Å². The second-order valence-corrected chi connectivity index (χ2v) is 13.4. The highest BCUT2D eigenvalue weighted by molar-refractivity contribution is 5.76. The zero-order valence-electron chi connectivity index (χ0n) is 30.7. The fourth-order valence-electron chi connectivity index (χ4n) is 5.67. The van der Waals surface area contributed by atoms with Gasteiger partial charge in [-0.15, -0.1) is 0 Å². The molecular formula is C40H71NO8. The number of carbonyl (C=O) groups excluding carboxylic acids is 1. The molecule has 9 nitrogen and oxygen atoms in total. The highest BCUT2D eigenvalue weighted by Gasteiger charge is 2.44. The summed E-state index contributed by atoms with van der Waals surface area (Å²) >= 11 is 0. The third-order valence-corrected chi connectivity index (χ3v) is 8.88. The quantitative estimate of drug-likeness (QED) is 0.0359. The Morgan fingerprint density at radius 2 is 1.22 bits per heavy atom. The van der Waals surface area contributed by atoms with Crippen molar-refractivity contribution in [3.63, 3.8) is 0 Å². The summed E-state index contributed by atoms with van der Waals surface area (Å²) in [5.41, 5.74) is 0. The van der Waals surface area contributed by atoms with E-state index in [1.807, 2.05) is 6.08 Å². The molecule has 1 amide bonds. The van der Waals surface area contributed by atoms with E-state index in [1.54, 1.807) is 6.08 Å². The first-order valence-electron chi connectivity index (χ1n) is 19.4. The molecule has 1 aliphatic rings. The minimum absolute atomic E-state index is 0.206. The molecule has 0 saturated carbocycles. The second kappa shape index (κ2) is 30.9. The molecule has 284 valence electrons. The molecule has 0 aromatic rings. The molecule has 49 heavy (non-hydrogen) atoms. The second-order valence-electron chi connectivity index (χ2n) is 13.4. The number of carbonyl (C=O) groups is 1. The Kier molecular flexibility index (Phi) is 28.5. The van der Waals surface area contributed by atoms with E-state index in [4.69, 9.17) is 9.47 Å². The van der Waals surface area contributed by atoms with Gasteiger partial charge in [0.2, 0.25) is 5.91 Å². The van der Waals surface area contributed by atoms with Crippen LogP contribution >= 0.6 is 0 Å². The van der Waals surface area contributed by atoms with E-state index in [0.29, 0.717) is 6.42 Å². The molecule has 0 bridgehead atoms. The summed E-state index contributed by atoms with van der Waals surface area (Å²) in [6.45, 7) is 3.66. The first-order chi connectivity index (χ1) is 23.8. The molecule has 6 N–H and O–H groups in total. The van der Waals surface area contributed by atoms with Crippen LogP contribution in [0.25, 0.3) is 0 Å². The molecule has 9 heteroatoms. The van der Waals surface area contributed by atoms with Gasteiger partial charge in [-0.1, -0.05) is 120 Å². The standard InChI is InChI=1S/C40H71NO8/c1-3-5-7-9-11-13-15-16-17-18-20-22-24-26-28-30-36(44)41-33(32-48-40-39(47)38(46)37(45)35(31-42)49-40)34(43)29-27-25-23-21-19-14-12-10-8-6-4-2/h11,13,16-17,19,21,27,29,33-35,37-40,42-43,45-47H,3-10,12,14-15,18,20,22-26,28,30-32H2,1-2H3,(H,41,44)/b13-11-,17-16-,21-19+,29-27+. The Balaban J connectivity index is 2.48. The average molecular weight is 694 g/mol. The summed E-state index contributed by atoms with van der Waals surface area (Å²) in [5.74, 6) is -0.206. The van der Waals surface area contributed by atoms with Gasteiger partial charge in [0.1, 0.15) is 24.4 Å². The maximum atomic E-state index is 12.8. The molecule has 1 saturated heterocycles. The Morgan fingerprint density at radius 1 is 0.694 bits per heavy atom. The Bertz CT molecular complexity index is 905. The predicted molar refractivity (Wildman–Crippen MR) is 198 cm³/mol. The van der Waals surface area contributed by atoms with Crippen LogP contribution in [0.4, 0.5) is 0 Å². The van der Waals surface area contributed by atoms with Gasteiger partial charge < -0.3 is 40.3 Å². The van der Waals surface area contributed by atoms with Crippen LogP contribution in [0.5, 0.6) is 0 Å². The van der Waals surface area contributed by atoms with Crippen LogP contribution in [0.3, 0.4) is 0 Å². The lowest BCUT2D eigenvalue weighted by atomic mass is 9.99. The van der Waals surface area contributed by atoms with Crippen molar-refractivity contribution in [1.82, 2.24) is 5.32 Å². The van der Waals surface area contributed by atoms with E-state index >= 15 is 0 Å². The first kappa shape index (κ1) is 45.2. The topological polar surface area (TPSA) is 149 Å². The number of ether oxygens (including phenoxy) is 2. The van der Waals surface area contributed by atoms with Crippen molar-refractivity contribution in [3.05, 3.63) is 48.6 Å². The number of rotatable bonds is 30. The van der Waals surface area contributed by atoms with Crippen molar-refractivity contribution in [2.45, 2.75) is 185 Å². The van der Waals surface area contributed by atoms with Gasteiger partial charge in [0.15, 0.2) is 6.29 Å². The number of unbranched alkanes of at least 4 members (excludes halogenated alkanes) is 14. The summed E-state index contributed by atoms with van der Waals surface area (Å²) in [6, 6.07) is -0.826. The number of hydrogen-bond donors (Lipinski definition) is 6. The molecule has 0 aromatic carbocycles. The summed E-state index contributed by atoms with van der Waals surface area (Å²) in [7, 11) is 0. The highest BCUT2D eigenvalue weighted by atomic mass is 16.7. The van der Waals surface area contributed by atoms with Gasteiger partial charge in [-0.05, 0) is 64.2 Å². The van der Waals surface area contributed by atoms with Crippen LogP contribution in [-0.2, 0) is 14.3 Å². The van der Waals surface area contributed by atoms with Crippen LogP contribution in [0, 0.1) is 0 Å². The molecule has 1 rings (SSSR count). The van der Waals surface area contributed by atoms with Crippen LogP contribution in [0.15, 0.2) is 48.6 Å². The lowest BCUT2D eigenvalue weighted by Gasteiger charge is -2.40. The average Bonchev–Trinajstić information content (AvgIpc) is 3.10. The molecule has 0 aromatic heterocycles. The Labute approximate surface area is 297 Å². The van der Waals surface area contributed by atoms with Crippen molar-refractivity contribution < 1.29 is 39.8 Å². The van der Waals surface area contributed by atoms with Gasteiger partial charge in [-0.2, -0.15) is 0 Å². The van der Waals surface area contributed by atoms with E-state index in [1.165, 1.54) is 57.8 Å². The van der Waals surface area contributed by atoms with Crippen LogP contribution < -0.4 is 5.32 Å². The fraction of sp³-hybridized carbons (Fsp3) is 0.775. The van der Waals surface area contributed by atoms with E-state index in [2.05, 4.69) is 55.6 Å². The first-order valence-corrected chi connectivity index (χ1v) is 19.4. The van der Waals surface area contributed by atoms with E-state index in [-0.39, 0.29) is 12.5 Å². The maximum Gasteiger partial charge on any atom is 0.220 e. The number of amides is 1. The summed E-state index contributed by atoms with van der Waals surface area (Å²) in [5, 5.41) is 53.8. The molecule has 7 atom stereocenters. The number of allylic oxidation sites excluding steroid dienone is 7. The Hall–Kier alpha value is -1.85. The maximum absolute atomic E-state index is 12.8. The number of aliphatic hydroxyl groups excluding tert-OH is 5. The van der Waals surface area contributed by atoms with Crippen molar-refractivity contribution in [1.29, 1.82) is 0 Å². The number of hydrogen-bond acceptors (Lipinski definition) is 8. The van der Waals surface area contributed by atoms with Crippen molar-refractivity contribution in [2.75, 3.05) is 13.2 Å². The lowest BCUT2D eigenvalue weighted by molar-refractivity contribution is -0.302.